The van der Waals surface area contributed by atoms with E-state index in [1.165, 1.54) is 12.1 Å². The zero-order chi connectivity index (χ0) is 15.4. The Hall–Kier alpha value is -2.04. The van der Waals surface area contributed by atoms with E-state index in [1.54, 1.807) is 36.4 Å². The number of amides is 1. The fourth-order valence-electron chi connectivity index (χ4n) is 1.81. The van der Waals surface area contributed by atoms with E-state index >= 15 is 0 Å². The van der Waals surface area contributed by atoms with Crippen LogP contribution in [0, 0.1) is 0 Å². The number of nitrogens with one attached hydrogen (secondary N) is 1. The highest BCUT2D eigenvalue weighted by atomic mass is 35.5. The first-order valence-electron chi connectivity index (χ1n) is 6.02. The smallest absolute Gasteiger partial charge is 0.330 e. The van der Waals surface area contributed by atoms with E-state index in [2.05, 4.69) is 5.32 Å². The highest BCUT2D eigenvalue weighted by Gasteiger charge is 2.23. The molecule has 0 aliphatic carbocycles. The van der Waals surface area contributed by atoms with Crippen molar-refractivity contribution in [2.75, 3.05) is 0 Å². The molecular formula is C15H11Cl2NO3. The molecule has 0 radical (unpaired) electrons. The summed E-state index contributed by atoms with van der Waals surface area (Å²) in [5, 5.41) is 12.3. The molecule has 0 heterocycles. The number of carboxylic acid groups (broad SMARTS) is 1. The number of hydrogen-bond donors (Lipinski definition) is 2. The molecule has 2 aromatic rings. The molecular weight excluding hydrogens is 313 g/mol. The van der Waals surface area contributed by atoms with Gasteiger partial charge in [-0.25, -0.2) is 4.79 Å². The standard InChI is InChI=1S/C15H11Cl2NO3/c16-10-6-7-12(17)11(8-10)14(19)18-13(15(20)21)9-4-2-1-3-5-9/h1-8,13H,(H,18,19)(H,20,21). The third-order valence-corrected chi connectivity index (χ3v) is 3.39. The maximum Gasteiger partial charge on any atom is 0.330 e. The van der Waals surface area contributed by atoms with Gasteiger partial charge < -0.3 is 10.4 Å². The maximum absolute atomic E-state index is 12.2. The number of carbonyl (C=O) groups is 2. The van der Waals surface area contributed by atoms with Gasteiger partial charge in [-0.2, -0.15) is 0 Å². The Kier molecular flexibility index (Phi) is 4.83. The zero-order valence-electron chi connectivity index (χ0n) is 10.7. The lowest BCUT2D eigenvalue weighted by Gasteiger charge is -2.15. The lowest BCUT2D eigenvalue weighted by Crippen LogP contribution is -2.33. The van der Waals surface area contributed by atoms with Crippen molar-refractivity contribution < 1.29 is 14.7 Å². The first kappa shape index (κ1) is 15.4. The van der Waals surface area contributed by atoms with Gasteiger partial charge in [0.2, 0.25) is 0 Å². The highest BCUT2D eigenvalue weighted by Crippen LogP contribution is 2.22. The molecule has 2 N–H and O–H groups in total. The number of rotatable bonds is 4. The lowest BCUT2D eigenvalue weighted by molar-refractivity contribution is -0.139. The van der Waals surface area contributed by atoms with Gasteiger partial charge in [-0.3, -0.25) is 4.79 Å². The van der Waals surface area contributed by atoms with Crippen LogP contribution in [0.1, 0.15) is 22.0 Å². The Bertz CT molecular complexity index is 674. The number of carboxylic acids is 1. The van der Waals surface area contributed by atoms with Gasteiger partial charge in [0.1, 0.15) is 0 Å². The van der Waals surface area contributed by atoms with Crippen molar-refractivity contribution >= 4 is 35.1 Å². The summed E-state index contributed by atoms with van der Waals surface area (Å²) in [5.74, 6) is -1.76. The Labute approximate surface area is 131 Å². The minimum absolute atomic E-state index is 0.131. The molecule has 0 saturated heterocycles. The third kappa shape index (κ3) is 3.74. The zero-order valence-corrected chi connectivity index (χ0v) is 12.2. The Morgan fingerprint density at radius 1 is 1.05 bits per heavy atom. The average molecular weight is 324 g/mol. The van der Waals surface area contributed by atoms with Crippen LogP contribution < -0.4 is 5.32 Å². The lowest BCUT2D eigenvalue weighted by atomic mass is 10.1. The average Bonchev–Trinajstić information content (AvgIpc) is 2.47. The molecule has 1 atom stereocenters. The first-order valence-corrected chi connectivity index (χ1v) is 6.78. The van der Waals surface area contributed by atoms with Crippen LogP contribution in [0.3, 0.4) is 0 Å². The predicted molar refractivity (Wildman–Crippen MR) is 80.7 cm³/mol. The summed E-state index contributed by atoms with van der Waals surface area (Å²) in [6.45, 7) is 0. The van der Waals surface area contributed by atoms with E-state index in [0.717, 1.165) is 0 Å². The number of aliphatic carboxylic acids is 1. The monoisotopic (exact) mass is 323 g/mol. The van der Waals surface area contributed by atoms with Crippen LogP contribution in [0.4, 0.5) is 0 Å². The molecule has 0 bridgehead atoms. The third-order valence-electron chi connectivity index (χ3n) is 2.83. The fraction of sp³-hybridized carbons (Fsp3) is 0.0667. The van der Waals surface area contributed by atoms with Crippen LogP contribution in [-0.4, -0.2) is 17.0 Å². The Morgan fingerprint density at radius 3 is 2.33 bits per heavy atom. The molecule has 1 amide bonds. The summed E-state index contributed by atoms with van der Waals surface area (Å²) in [5.41, 5.74) is 0.600. The van der Waals surface area contributed by atoms with Gasteiger partial charge in [0.05, 0.1) is 10.6 Å². The maximum atomic E-state index is 12.2. The van der Waals surface area contributed by atoms with Gasteiger partial charge in [-0.1, -0.05) is 53.5 Å². The normalized spacial score (nSPS) is 11.7. The Balaban J connectivity index is 2.27. The minimum atomic E-state index is -1.16. The van der Waals surface area contributed by atoms with Crippen molar-refractivity contribution in [2.24, 2.45) is 0 Å². The Morgan fingerprint density at radius 2 is 1.71 bits per heavy atom. The van der Waals surface area contributed by atoms with Crippen LogP contribution >= 0.6 is 23.2 Å². The van der Waals surface area contributed by atoms with E-state index in [-0.39, 0.29) is 10.6 Å². The van der Waals surface area contributed by atoms with Crippen molar-refractivity contribution in [1.82, 2.24) is 5.32 Å². The number of halogens is 2. The van der Waals surface area contributed by atoms with Crippen LogP contribution in [0.5, 0.6) is 0 Å². The van der Waals surface area contributed by atoms with E-state index in [9.17, 15) is 14.7 Å². The summed E-state index contributed by atoms with van der Waals surface area (Å²) < 4.78 is 0. The van der Waals surface area contributed by atoms with Crippen molar-refractivity contribution in [3.8, 4) is 0 Å². The summed E-state index contributed by atoms with van der Waals surface area (Å²) in [7, 11) is 0. The van der Waals surface area contributed by atoms with Gasteiger partial charge in [0.25, 0.3) is 5.91 Å². The molecule has 1 unspecified atom stereocenters. The first-order chi connectivity index (χ1) is 9.99. The largest absolute Gasteiger partial charge is 0.479 e. The molecule has 0 aromatic heterocycles. The molecule has 2 aromatic carbocycles. The molecule has 0 aliphatic heterocycles. The minimum Gasteiger partial charge on any atom is -0.479 e. The highest BCUT2D eigenvalue weighted by molar-refractivity contribution is 6.35. The van der Waals surface area contributed by atoms with Gasteiger partial charge in [-0.15, -0.1) is 0 Å². The van der Waals surface area contributed by atoms with E-state index < -0.39 is 17.9 Å². The fourth-order valence-corrected chi connectivity index (χ4v) is 2.19. The molecule has 0 fully saturated rings. The molecule has 0 spiro atoms. The number of carbonyl (C=O) groups excluding carboxylic acids is 1. The second-order valence-electron chi connectivity index (χ2n) is 4.28. The van der Waals surface area contributed by atoms with Crippen molar-refractivity contribution in [2.45, 2.75) is 6.04 Å². The van der Waals surface area contributed by atoms with E-state index in [0.29, 0.717) is 10.6 Å². The summed E-state index contributed by atoms with van der Waals surface area (Å²) in [4.78, 5) is 23.5. The second kappa shape index (κ2) is 6.61. The van der Waals surface area contributed by atoms with Crippen molar-refractivity contribution in [3.05, 3.63) is 69.7 Å². The van der Waals surface area contributed by atoms with Gasteiger partial charge in [0.15, 0.2) is 6.04 Å². The molecule has 2 rings (SSSR count). The summed E-state index contributed by atoms with van der Waals surface area (Å²) >= 11 is 11.8. The SMILES string of the molecule is O=C(NC(C(=O)O)c1ccccc1)c1cc(Cl)ccc1Cl. The van der Waals surface area contributed by atoms with Crippen LogP contribution in [-0.2, 0) is 4.79 Å². The quantitative estimate of drug-likeness (QED) is 0.904. The second-order valence-corrected chi connectivity index (χ2v) is 5.12. The van der Waals surface area contributed by atoms with Gasteiger partial charge in [0, 0.05) is 5.02 Å². The molecule has 0 saturated carbocycles. The van der Waals surface area contributed by atoms with Crippen LogP contribution in [0.25, 0.3) is 0 Å². The molecule has 6 heteroatoms. The molecule has 21 heavy (non-hydrogen) atoms. The summed E-state index contributed by atoms with van der Waals surface area (Å²) in [6.07, 6.45) is 0. The van der Waals surface area contributed by atoms with E-state index in [4.69, 9.17) is 23.2 Å². The molecule has 0 aliphatic rings. The van der Waals surface area contributed by atoms with E-state index in [1.807, 2.05) is 0 Å². The van der Waals surface area contributed by atoms with Crippen LogP contribution in [0.15, 0.2) is 48.5 Å². The summed E-state index contributed by atoms with van der Waals surface area (Å²) in [6, 6.07) is 11.7. The van der Waals surface area contributed by atoms with Crippen molar-refractivity contribution in [1.29, 1.82) is 0 Å². The number of hydrogen-bond acceptors (Lipinski definition) is 2. The predicted octanol–water partition coefficient (Wildman–Crippen LogP) is 3.55. The number of benzene rings is 2. The van der Waals surface area contributed by atoms with Crippen LogP contribution in [0.2, 0.25) is 10.0 Å². The molecule has 4 nitrogen and oxygen atoms in total. The van der Waals surface area contributed by atoms with Crippen molar-refractivity contribution in [3.63, 3.8) is 0 Å². The van der Waals surface area contributed by atoms with Gasteiger partial charge in [-0.05, 0) is 23.8 Å². The topological polar surface area (TPSA) is 66.4 Å². The molecule has 108 valence electrons. The van der Waals surface area contributed by atoms with Gasteiger partial charge >= 0.3 is 5.97 Å².